The smallest absolute Gasteiger partial charge is 0.337 e. The van der Waals surface area contributed by atoms with Crippen LogP contribution in [0.3, 0.4) is 0 Å². The standard InChI is InChI=1S/C20H17N3O3S2.C10H13NO/c1-22-14-8-3-4-9-15(14)27-18(22)16-17(24)23(20(21)28-16)11-12-6-5-7-13(10-12)19(25)26-2;1-3-11-10-6-4-9(5-7-10)8(2)12/h3-10,21H,11H2,1-2H3;4-7,11H,3H2,1-2H3/b18-16-,21-20?;. The summed E-state index contributed by atoms with van der Waals surface area (Å²) < 4.78 is 4.75. The molecule has 1 saturated heterocycles. The zero-order chi connectivity index (χ0) is 28.8. The summed E-state index contributed by atoms with van der Waals surface area (Å²) in [5.74, 6) is -0.512. The van der Waals surface area contributed by atoms with Crippen LogP contribution in [0.25, 0.3) is 0 Å². The van der Waals surface area contributed by atoms with Crippen molar-refractivity contribution in [1.82, 2.24) is 4.90 Å². The van der Waals surface area contributed by atoms with Crippen molar-refractivity contribution in [3.63, 3.8) is 0 Å². The Morgan fingerprint density at radius 3 is 2.35 bits per heavy atom. The lowest BCUT2D eigenvalue weighted by Crippen LogP contribution is -2.28. The monoisotopic (exact) mass is 574 g/mol. The Bertz CT molecular complexity index is 1490. The Labute approximate surface area is 242 Å². The molecule has 3 aromatic rings. The molecule has 0 aliphatic carbocycles. The predicted molar refractivity (Wildman–Crippen MR) is 162 cm³/mol. The summed E-state index contributed by atoms with van der Waals surface area (Å²) in [6.45, 7) is 4.74. The van der Waals surface area contributed by atoms with E-state index in [0.29, 0.717) is 10.5 Å². The second kappa shape index (κ2) is 12.9. The lowest BCUT2D eigenvalue weighted by Gasteiger charge is -2.16. The molecule has 2 aliphatic rings. The highest BCUT2D eigenvalue weighted by molar-refractivity contribution is 8.19. The third kappa shape index (κ3) is 6.40. The van der Waals surface area contributed by atoms with Crippen molar-refractivity contribution in [3.8, 4) is 0 Å². The number of nitrogens with zero attached hydrogens (tertiary/aromatic N) is 2. The fraction of sp³-hybridized carbons (Fsp3) is 0.200. The Hall–Kier alpha value is -4.02. The summed E-state index contributed by atoms with van der Waals surface area (Å²) in [5, 5.41) is 12.5. The summed E-state index contributed by atoms with van der Waals surface area (Å²) in [5.41, 5.74) is 4.06. The minimum atomic E-state index is -0.427. The number of rotatable bonds is 6. The summed E-state index contributed by atoms with van der Waals surface area (Å²) in [4.78, 5) is 40.8. The average molecular weight is 575 g/mol. The van der Waals surface area contributed by atoms with Gasteiger partial charge < -0.3 is 15.0 Å². The van der Waals surface area contributed by atoms with Crippen LogP contribution in [0.1, 0.15) is 40.1 Å². The van der Waals surface area contributed by atoms with Gasteiger partial charge in [-0.2, -0.15) is 0 Å². The minimum Gasteiger partial charge on any atom is -0.465 e. The number of esters is 1. The highest BCUT2D eigenvalue weighted by atomic mass is 32.2. The highest BCUT2D eigenvalue weighted by Gasteiger charge is 2.38. The second-order valence-corrected chi connectivity index (χ2v) is 10.9. The van der Waals surface area contributed by atoms with Gasteiger partial charge in [0, 0.05) is 29.7 Å². The molecule has 0 atom stereocenters. The van der Waals surface area contributed by atoms with Crippen LogP contribution >= 0.6 is 23.5 Å². The number of fused-ring (bicyclic) bond motifs is 1. The maximum absolute atomic E-state index is 13.1. The fourth-order valence-electron chi connectivity index (χ4n) is 4.11. The number of hydrogen-bond donors (Lipinski definition) is 2. The average Bonchev–Trinajstić information content (AvgIpc) is 3.44. The van der Waals surface area contributed by atoms with Crippen molar-refractivity contribution in [2.75, 3.05) is 30.9 Å². The molecule has 5 rings (SSSR count). The van der Waals surface area contributed by atoms with E-state index < -0.39 is 5.97 Å². The van der Waals surface area contributed by atoms with Crippen molar-refractivity contribution in [2.45, 2.75) is 25.3 Å². The van der Waals surface area contributed by atoms with E-state index in [9.17, 15) is 14.4 Å². The number of benzene rings is 3. The van der Waals surface area contributed by atoms with Crippen LogP contribution in [0.15, 0.2) is 87.6 Å². The number of nitrogens with one attached hydrogen (secondary N) is 2. The Kier molecular flexibility index (Phi) is 9.34. The van der Waals surface area contributed by atoms with Gasteiger partial charge in [0.2, 0.25) is 0 Å². The van der Waals surface area contributed by atoms with Gasteiger partial charge in [0.25, 0.3) is 5.91 Å². The van der Waals surface area contributed by atoms with Gasteiger partial charge >= 0.3 is 5.97 Å². The highest BCUT2D eigenvalue weighted by Crippen LogP contribution is 2.49. The number of amides is 1. The van der Waals surface area contributed by atoms with Gasteiger partial charge in [0.05, 0.1) is 29.9 Å². The molecule has 1 fully saturated rings. The number of anilines is 2. The van der Waals surface area contributed by atoms with Gasteiger partial charge in [0.15, 0.2) is 11.0 Å². The predicted octanol–water partition coefficient (Wildman–Crippen LogP) is 6.22. The number of ketones is 1. The first-order chi connectivity index (χ1) is 19.2. The zero-order valence-corrected chi connectivity index (χ0v) is 24.3. The molecule has 0 saturated carbocycles. The molecular formula is C30H30N4O4S2. The third-order valence-corrected chi connectivity index (χ3v) is 8.53. The maximum atomic E-state index is 13.1. The molecular weight excluding hydrogens is 544 g/mol. The molecule has 0 radical (unpaired) electrons. The summed E-state index contributed by atoms with van der Waals surface area (Å²) in [7, 11) is 3.26. The van der Waals surface area contributed by atoms with Crippen LogP contribution in [0, 0.1) is 5.41 Å². The van der Waals surface area contributed by atoms with E-state index in [-0.39, 0.29) is 23.4 Å². The molecule has 0 aromatic heterocycles. The van der Waals surface area contributed by atoms with E-state index in [1.54, 1.807) is 36.9 Å². The molecule has 2 N–H and O–H groups in total. The molecule has 206 valence electrons. The lowest BCUT2D eigenvalue weighted by atomic mass is 10.1. The number of hydrogen-bond acceptors (Lipinski definition) is 9. The number of amidine groups is 1. The van der Waals surface area contributed by atoms with E-state index >= 15 is 0 Å². The van der Waals surface area contributed by atoms with Crippen molar-refractivity contribution in [2.24, 2.45) is 0 Å². The molecule has 2 aliphatic heterocycles. The molecule has 0 bridgehead atoms. The molecule has 0 spiro atoms. The van der Waals surface area contributed by atoms with Crippen LogP contribution in [0.4, 0.5) is 11.4 Å². The van der Waals surface area contributed by atoms with Crippen molar-refractivity contribution >= 4 is 57.7 Å². The van der Waals surface area contributed by atoms with Crippen LogP contribution in [0.2, 0.25) is 0 Å². The topological polar surface area (TPSA) is 103 Å². The van der Waals surface area contributed by atoms with Crippen LogP contribution < -0.4 is 10.2 Å². The first-order valence-corrected chi connectivity index (χ1v) is 14.2. The molecule has 0 unspecified atom stereocenters. The van der Waals surface area contributed by atoms with E-state index in [0.717, 1.165) is 39.0 Å². The summed E-state index contributed by atoms with van der Waals surface area (Å²) in [6, 6.07) is 22.4. The fourth-order valence-corrected chi connectivity index (χ4v) is 6.32. The van der Waals surface area contributed by atoms with Crippen LogP contribution in [-0.4, -0.2) is 48.4 Å². The number of methoxy groups -OCH3 is 1. The van der Waals surface area contributed by atoms with Crippen molar-refractivity contribution in [1.29, 1.82) is 5.41 Å². The second-order valence-electron chi connectivity index (χ2n) is 8.92. The lowest BCUT2D eigenvalue weighted by molar-refractivity contribution is -0.122. The number of thioether (sulfide) groups is 2. The van der Waals surface area contributed by atoms with Gasteiger partial charge in [-0.3, -0.25) is 19.9 Å². The summed E-state index contributed by atoms with van der Waals surface area (Å²) >= 11 is 2.72. The zero-order valence-electron chi connectivity index (χ0n) is 22.7. The van der Waals surface area contributed by atoms with Crippen LogP contribution in [-0.2, 0) is 16.1 Å². The Morgan fingerprint density at radius 1 is 0.975 bits per heavy atom. The molecule has 10 heteroatoms. The first-order valence-electron chi connectivity index (χ1n) is 12.6. The Morgan fingerprint density at radius 2 is 1.70 bits per heavy atom. The largest absolute Gasteiger partial charge is 0.465 e. The number of Topliss-reactive ketones (excluding diaryl/α,β-unsaturated/α-hetero) is 1. The first kappa shape index (κ1) is 29.0. The normalized spacial score (nSPS) is 15.9. The Balaban J connectivity index is 0.000000259. The molecule has 8 nitrogen and oxygen atoms in total. The molecule has 40 heavy (non-hydrogen) atoms. The maximum Gasteiger partial charge on any atom is 0.337 e. The van der Waals surface area contributed by atoms with Gasteiger partial charge in [-0.05, 0) is 79.7 Å². The van der Waals surface area contributed by atoms with E-state index in [1.165, 1.54) is 23.8 Å². The number of para-hydroxylation sites is 1. The third-order valence-electron chi connectivity index (χ3n) is 6.18. The SMILES string of the molecule is CCNc1ccc(C(C)=O)cc1.COC(=O)c1cccc(CN2C(=N)S/C(=C3\Sc4ccccc4N3C)C2=O)c1. The quantitative estimate of drug-likeness (QED) is 0.203. The van der Waals surface area contributed by atoms with E-state index in [2.05, 4.69) is 5.32 Å². The van der Waals surface area contributed by atoms with Gasteiger partial charge in [-0.15, -0.1) is 0 Å². The number of ether oxygens (including phenoxy) is 1. The van der Waals surface area contributed by atoms with E-state index in [4.69, 9.17) is 10.1 Å². The number of carbonyl (C=O) groups is 3. The van der Waals surface area contributed by atoms with Gasteiger partial charge in [0.1, 0.15) is 4.91 Å². The van der Waals surface area contributed by atoms with Crippen LogP contribution in [0.5, 0.6) is 0 Å². The molecule has 2 heterocycles. The van der Waals surface area contributed by atoms with Gasteiger partial charge in [-0.25, -0.2) is 4.79 Å². The molecule has 3 aromatic carbocycles. The minimum absolute atomic E-state index is 0.109. The van der Waals surface area contributed by atoms with Gasteiger partial charge in [-0.1, -0.05) is 36.0 Å². The number of carbonyl (C=O) groups excluding carboxylic acids is 3. The molecule has 1 amide bonds. The van der Waals surface area contributed by atoms with E-state index in [1.807, 2.05) is 73.5 Å². The van der Waals surface area contributed by atoms with Crippen molar-refractivity contribution < 1.29 is 19.1 Å². The van der Waals surface area contributed by atoms with Crippen molar-refractivity contribution in [3.05, 3.63) is 99.4 Å². The summed E-state index contributed by atoms with van der Waals surface area (Å²) in [6.07, 6.45) is 0.